The molecule has 0 heterocycles. The molecule has 0 aliphatic carbocycles. The number of unbranched alkanes of at least 4 members (excludes halogenated alkanes) is 12. The average molecular weight is 1300 g/mol. The van der Waals surface area contributed by atoms with E-state index in [1.54, 1.807) is 0 Å². The van der Waals surface area contributed by atoms with Crippen molar-refractivity contribution in [2.75, 3.05) is 0 Å². The fourth-order valence-electron chi connectivity index (χ4n) is 13.1. The fraction of sp³-hybridized carbons (Fsp3) is 0.350. The Morgan fingerprint density at radius 3 is 0.517 bits per heavy atom. The van der Waals surface area contributed by atoms with E-state index in [2.05, 4.69) is 27.7 Å². The van der Waals surface area contributed by atoms with Crippen LogP contribution in [-0.4, -0.2) is 43.9 Å². The van der Waals surface area contributed by atoms with Gasteiger partial charge in [-0.05, 0) is 0 Å². The van der Waals surface area contributed by atoms with Crippen molar-refractivity contribution < 1.29 is 31.5 Å². The Hall–Kier alpha value is -7.56. The molecule has 0 aliphatic heterocycles. The van der Waals surface area contributed by atoms with E-state index in [0.717, 1.165) is 77.0 Å². The second kappa shape index (κ2) is 33.9. The number of hydrogen-bond donors (Lipinski definition) is 0. The molecule has 8 rings (SSSR count). The van der Waals surface area contributed by atoms with Crippen LogP contribution in [0, 0.1) is 0 Å². The fourth-order valence-corrected chi connectivity index (χ4v) is 18.4. The summed E-state index contributed by atoms with van der Waals surface area (Å²) in [6.07, 6.45) is 14.1. The zero-order valence-electron chi connectivity index (χ0n) is 53.0. The van der Waals surface area contributed by atoms with Crippen molar-refractivity contribution in [1.29, 1.82) is 0 Å². The van der Waals surface area contributed by atoms with Crippen LogP contribution in [0.1, 0.15) is 201 Å². The molecule has 8 aromatic carbocycles. The number of rotatable bonds is 36. The van der Waals surface area contributed by atoms with E-state index in [4.69, 9.17) is 12.3 Å². The molecular formula is C80H92O8Sn. The van der Waals surface area contributed by atoms with Crippen LogP contribution in [0.15, 0.2) is 243 Å². The summed E-state index contributed by atoms with van der Waals surface area (Å²) in [6, 6.07) is 76.3. The van der Waals surface area contributed by atoms with Gasteiger partial charge in [-0.2, -0.15) is 0 Å². The molecule has 0 amide bonds. The van der Waals surface area contributed by atoms with E-state index >= 15 is 19.2 Å². The third-order valence-electron chi connectivity index (χ3n) is 18.0. The monoisotopic (exact) mass is 1300 g/mol. The quantitative estimate of drug-likeness (QED) is 0.0282. The van der Waals surface area contributed by atoms with Crippen LogP contribution in [0.5, 0.6) is 0 Å². The van der Waals surface area contributed by atoms with Crippen molar-refractivity contribution in [2.45, 2.75) is 178 Å². The molecule has 89 heavy (non-hydrogen) atoms. The summed E-state index contributed by atoms with van der Waals surface area (Å²) >= 11 is -7.49. The van der Waals surface area contributed by atoms with E-state index < -0.39 is 65.6 Å². The van der Waals surface area contributed by atoms with Gasteiger partial charge in [0.1, 0.15) is 0 Å². The Balaban J connectivity index is 1.50. The standard InChI is InChI=1S/4C20H24O2.Sn/c4*1-2-3-4-11-16-20(19(21)22,17-12-7-5-8-13-17)18-14-9-6-10-15-18;/h4*5-10,12-15H,2-4,11,16H2,1H3,(H,21,22);/q;;;;+4/p-4. The van der Waals surface area contributed by atoms with Gasteiger partial charge in [0.2, 0.25) is 0 Å². The molecular weight excluding hydrogens is 1210 g/mol. The van der Waals surface area contributed by atoms with E-state index in [0.29, 0.717) is 70.2 Å². The van der Waals surface area contributed by atoms with Gasteiger partial charge in [-0.15, -0.1) is 0 Å². The normalized spacial score (nSPS) is 12.0. The number of carbonyl (C=O) groups is 4. The third-order valence-corrected chi connectivity index (χ3v) is 23.0. The van der Waals surface area contributed by atoms with Crippen LogP contribution in [-0.2, 0) is 53.1 Å². The Morgan fingerprint density at radius 2 is 0.382 bits per heavy atom. The van der Waals surface area contributed by atoms with E-state index in [9.17, 15) is 0 Å². The van der Waals surface area contributed by atoms with Gasteiger partial charge in [-0.25, -0.2) is 0 Å². The second-order valence-corrected chi connectivity index (χ2v) is 29.0. The average Bonchev–Trinajstić information content (AvgIpc) is 1.32. The summed E-state index contributed by atoms with van der Waals surface area (Å²) in [7, 11) is 0. The predicted molar refractivity (Wildman–Crippen MR) is 360 cm³/mol. The third kappa shape index (κ3) is 15.9. The SMILES string of the molecule is CCCCCCC(C(=O)[O][Sn]([O]C(=O)C(CCCCCC)(c1ccccc1)c1ccccc1)([O]C(=O)C(CCCCCC)(c1ccccc1)c1ccccc1)[O]C(=O)C(CCCCCC)(c1ccccc1)c1ccccc1)(c1ccccc1)c1ccccc1. The number of benzene rings is 8. The molecule has 0 atom stereocenters. The summed E-state index contributed by atoms with van der Waals surface area (Å²) in [4.78, 5) is 69.0. The van der Waals surface area contributed by atoms with Crippen LogP contribution < -0.4 is 0 Å². The Morgan fingerprint density at radius 1 is 0.236 bits per heavy atom. The summed E-state index contributed by atoms with van der Waals surface area (Å²) in [5, 5.41) is 0. The summed E-state index contributed by atoms with van der Waals surface area (Å²) in [5.74, 6) is -3.43. The number of hydrogen-bond acceptors (Lipinski definition) is 8. The van der Waals surface area contributed by atoms with Crippen molar-refractivity contribution in [3.8, 4) is 0 Å². The van der Waals surface area contributed by atoms with Gasteiger partial charge in [-0.3, -0.25) is 0 Å². The Bertz CT molecular complexity index is 2750. The minimum absolute atomic E-state index is 0.262. The molecule has 0 unspecified atom stereocenters. The molecule has 464 valence electrons. The maximum atomic E-state index is 17.2. The van der Waals surface area contributed by atoms with Crippen molar-refractivity contribution >= 4 is 43.9 Å². The molecule has 0 bridgehead atoms. The first-order valence-corrected chi connectivity index (χ1v) is 37.6. The maximum absolute atomic E-state index is 17.2. The van der Waals surface area contributed by atoms with Gasteiger partial charge in [0, 0.05) is 0 Å². The van der Waals surface area contributed by atoms with Gasteiger partial charge in [0.25, 0.3) is 0 Å². The van der Waals surface area contributed by atoms with Gasteiger partial charge in [0.15, 0.2) is 0 Å². The van der Waals surface area contributed by atoms with Gasteiger partial charge < -0.3 is 0 Å². The van der Waals surface area contributed by atoms with Crippen molar-refractivity contribution in [2.24, 2.45) is 0 Å². The Kier molecular flexibility index (Phi) is 25.6. The summed E-state index contributed by atoms with van der Waals surface area (Å²) in [5.41, 5.74) is -1.47. The van der Waals surface area contributed by atoms with Crippen LogP contribution in [0.25, 0.3) is 0 Å². The van der Waals surface area contributed by atoms with Crippen molar-refractivity contribution in [3.05, 3.63) is 287 Å². The van der Waals surface area contributed by atoms with Gasteiger partial charge in [0.05, 0.1) is 0 Å². The van der Waals surface area contributed by atoms with Gasteiger partial charge in [-0.1, -0.05) is 0 Å². The van der Waals surface area contributed by atoms with Crippen molar-refractivity contribution in [1.82, 2.24) is 0 Å². The zero-order chi connectivity index (χ0) is 62.7. The molecule has 0 saturated carbocycles. The predicted octanol–water partition coefficient (Wildman–Crippen LogP) is 19.4. The van der Waals surface area contributed by atoms with Crippen LogP contribution in [0.3, 0.4) is 0 Å². The first-order valence-electron chi connectivity index (χ1n) is 33.0. The van der Waals surface area contributed by atoms with Crippen molar-refractivity contribution in [3.63, 3.8) is 0 Å². The van der Waals surface area contributed by atoms with E-state index in [1.807, 2.05) is 243 Å². The topological polar surface area (TPSA) is 105 Å². The molecule has 0 radical (unpaired) electrons. The first kappa shape index (κ1) is 67.4. The summed E-state index contributed by atoms with van der Waals surface area (Å²) in [6.45, 7) is 8.59. The van der Waals surface area contributed by atoms with Gasteiger partial charge >= 0.3 is 540 Å². The Labute approximate surface area is 536 Å². The molecule has 0 aliphatic rings. The van der Waals surface area contributed by atoms with E-state index in [-0.39, 0.29) is 25.7 Å². The first-order chi connectivity index (χ1) is 43.6. The molecule has 0 N–H and O–H groups in total. The minimum atomic E-state index is -7.49. The molecule has 0 fully saturated rings. The molecule has 8 aromatic rings. The molecule has 9 heteroatoms. The van der Waals surface area contributed by atoms with Crippen LogP contribution in [0.4, 0.5) is 0 Å². The van der Waals surface area contributed by atoms with Crippen LogP contribution >= 0.6 is 0 Å². The second-order valence-electron chi connectivity index (χ2n) is 23.9. The molecule has 8 nitrogen and oxygen atoms in total. The molecule has 0 aromatic heterocycles. The summed E-state index contributed by atoms with van der Waals surface area (Å²) < 4.78 is 29.8. The molecule has 0 spiro atoms. The molecule has 0 saturated heterocycles. The number of carbonyl (C=O) groups excluding carboxylic acids is 4. The van der Waals surface area contributed by atoms with Crippen LogP contribution in [0.2, 0.25) is 0 Å². The zero-order valence-corrected chi connectivity index (χ0v) is 55.9. The van der Waals surface area contributed by atoms with E-state index in [1.165, 1.54) is 0 Å².